The first-order chi connectivity index (χ1) is 16.7. The van der Waals surface area contributed by atoms with E-state index in [4.69, 9.17) is 4.74 Å². The lowest BCUT2D eigenvalue weighted by atomic mass is 9.78. The predicted molar refractivity (Wildman–Crippen MR) is 128 cm³/mol. The Morgan fingerprint density at radius 2 is 1.60 bits per heavy atom. The van der Waals surface area contributed by atoms with Gasteiger partial charge in [0.25, 0.3) is 5.91 Å². The molecule has 3 aromatic carbocycles. The van der Waals surface area contributed by atoms with Crippen LogP contribution in [0.5, 0.6) is 5.75 Å². The van der Waals surface area contributed by atoms with E-state index < -0.39 is 23.1 Å². The van der Waals surface area contributed by atoms with Crippen molar-refractivity contribution in [2.75, 3.05) is 17.7 Å². The molecule has 2 N–H and O–H groups in total. The molecule has 0 radical (unpaired) electrons. The number of rotatable bonds is 6. The Hall–Kier alpha value is -3.81. The van der Waals surface area contributed by atoms with E-state index in [1.807, 2.05) is 30.3 Å². The Labute approximate surface area is 201 Å². The second kappa shape index (κ2) is 9.82. The molecule has 1 aliphatic carbocycles. The number of hydrogen-bond donors (Lipinski definition) is 2. The Bertz CT molecular complexity index is 1220. The smallest absolute Gasteiger partial charge is 0.416 e. The second-order valence-electron chi connectivity index (χ2n) is 8.56. The Kier molecular flexibility index (Phi) is 6.82. The van der Waals surface area contributed by atoms with Crippen LogP contribution < -0.4 is 15.4 Å². The van der Waals surface area contributed by atoms with Gasteiger partial charge in [-0.05, 0) is 48.7 Å². The standard InChI is InChI=1S/C27H25F3N2O3/c1-35-23-17-21(31-25(34)26(14-5-6-15-26)19-9-3-2-4-10-19)12-13-22(23)32-24(33)18-8-7-11-20(16-18)27(28,29)30/h2-4,7-13,16-17H,5-6,14-15H2,1H3,(H,31,34)(H,32,33). The van der Waals surface area contributed by atoms with Crippen molar-refractivity contribution >= 4 is 23.2 Å². The number of halogens is 3. The van der Waals surface area contributed by atoms with Crippen LogP contribution in [0.2, 0.25) is 0 Å². The number of alkyl halides is 3. The van der Waals surface area contributed by atoms with Crippen LogP contribution in [0.25, 0.3) is 0 Å². The maximum absolute atomic E-state index is 13.4. The molecule has 0 aliphatic heterocycles. The highest BCUT2D eigenvalue weighted by molar-refractivity contribution is 6.05. The SMILES string of the molecule is COc1cc(NC(=O)C2(c3ccccc3)CCCC2)ccc1NC(=O)c1cccc(C(F)(F)F)c1. The van der Waals surface area contributed by atoms with Gasteiger partial charge in [-0.15, -0.1) is 0 Å². The molecule has 0 spiro atoms. The van der Waals surface area contributed by atoms with Crippen LogP contribution in [0.15, 0.2) is 72.8 Å². The summed E-state index contributed by atoms with van der Waals surface area (Å²) in [7, 11) is 1.41. The number of anilines is 2. The Balaban J connectivity index is 1.53. The summed E-state index contributed by atoms with van der Waals surface area (Å²) in [6.07, 6.45) is -1.11. The van der Waals surface area contributed by atoms with Crippen LogP contribution >= 0.6 is 0 Å². The first-order valence-electron chi connectivity index (χ1n) is 11.3. The fourth-order valence-electron chi connectivity index (χ4n) is 4.54. The second-order valence-corrected chi connectivity index (χ2v) is 8.56. The molecule has 8 heteroatoms. The molecule has 0 heterocycles. The van der Waals surface area contributed by atoms with Crippen LogP contribution in [-0.4, -0.2) is 18.9 Å². The molecule has 5 nitrogen and oxygen atoms in total. The lowest BCUT2D eigenvalue weighted by Crippen LogP contribution is -2.37. The third-order valence-corrected chi connectivity index (χ3v) is 6.38. The van der Waals surface area contributed by atoms with Gasteiger partial charge in [-0.2, -0.15) is 13.2 Å². The number of benzene rings is 3. The molecule has 1 saturated carbocycles. The summed E-state index contributed by atoms with van der Waals surface area (Å²) < 4.78 is 44.3. The molecule has 3 aromatic rings. The van der Waals surface area contributed by atoms with Gasteiger partial charge in [0.05, 0.1) is 23.8 Å². The van der Waals surface area contributed by atoms with Gasteiger partial charge < -0.3 is 15.4 Å². The van der Waals surface area contributed by atoms with Gasteiger partial charge >= 0.3 is 6.18 Å². The maximum Gasteiger partial charge on any atom is 0.416 e. The maximum atomic E-state index is 13.4. The van der Waals surface area contributed by atoms with Gasteiger partial charge in [0, 0.05) is 17.3 Å². The molecule has 1 fully saturated rings. The van der Waals surface area contributed by atoms with Gasteiger partial charge in [0.15, 0.2) is 0 Å². The lowest BCUT2D eigenvalue weighted by Gasteiger charge is -2.28. The third-order valence-electron chi connectivity index (χ3n) is 6.38. The Morgan fingerprint density at radius 1 is 0.886 bits per heavy atom. The molecule has 1 aliphatic rings. The largest absolute Gasteiger partial charge is 0.494 e. The molecule has 2 amide bonds. The van der Waals surface area contributed by atoms with E-state index in [0.717, 1.165) is 43.4 Å². The van der Waals surface area contributed by atoms with Crippen molar-refractivity contribution in [3.8, 4) is 5.75 Å². The Morgan fingerprint density at radius 3 is 2.26 bits per heavy atom. The van der Waals surface area contributed by atoms with Crippen molar-refractivity contribution in [1.82, 2.24) is 0 Å². The van der Waals surface area contributed by atoms with Gasteiger partial charge in [0.2, 0.25) is 5.91 Å². The molecule has 4 rings (SSSR count). The van der Waals surface area contributed by atoms with Crippen molar-refractivity contribution in [2.24, 2.45) is 0 Å². The molecule has 0 saturated heterocycles. The number of methoxy groups -OCH3 is 1. The van der Waals surface area contributed by atoms with Crippen LogP contribution in [0.3, 0.4) is 0 Å². The van der Waals surface area contributed by atoms with E-state index in [1.165, 1.54) is 19.2 Å². The zero-order valence-corrected chi connectivity index (χ0v) is 19.1. The number of amides is 2. The number of carbonyl (C=O) groups excluding carboxylic acids is 2. The zero-order valence-electron chi connectivity index (χ0n) is 19.1. The van der Waals surface area contributed by atoms with Gasteiger partial charge in [-0.3, -0.25) is 9.59 Å². The fraction of sp³-hybridized carbons (Fsp3) is 0.259. The molecular weight excluding hydrogens is 457 g/mol. The van der Waals surface area contributed by atoms with Gasteiger partial charge in [-0.1, -0.05) is 49.2 Å². The highest BCUT2D eigenvalue weighted by atomic mass is 19.4. The molecule has 0 aromatic heterocycles. The first kappa shape index (κ1) is 24.3. The average Bonchev–Trinajstić information content (AvgIpc) is 3.36. The van der Waals surface area contributed by atoms with E-state index in [9.17, 15) is 22.8 Å². The number of hydrogen-bond acceptors (Lipinski definition) is 3. The summed E-state index contributed by atoms with van der Waals surface area (Å²) in [6.45, 7) is 0. The van der Waals surface area contributed by atoms with Crippen LogP contribution in [0, 0.1) is 0 Å². The molecular formula is C27H25F3N2O3. The van der Waals surface area contributed by atoms with Gasteiger partial charge in [0.1, 0.15) is 5.75 Å². The van der Waals surface area contributed by atoms with E-state index >= 15 is 0 Å². The third kappa shape index (κ3) is 5.16. The number of carbonyl (C=O) groups is 2. The van der Waals surface area contributed by atoms with Crippen molar-refractivity contribution in [3.63, 3.8) is 0 Å². The minimum atomic E-state index is -4.55. The van der Waals surface area contributed by atoms with E-state index in [2.05, 4.69) is 10.6 Å². The van der Waals surface area contributed by atoms with Crippen molar-refractivity contribution in [1.29, 1.82) is 0 Å². The average molecular weight is 483 g/mol. The topological polar surface area (TPSA) is 67.4 Å². The predicted octanol–water partition coefficient (Wildman–Crippen LogP) is 6.42. The molecule has 0 unspecified atom stereocenters. The summed E-state index contributed by atoms with van der Waals surface area (Å²) in [5, 5.41) is 5.56. The molecule has 0 atom stereocenters. The highest BCUT2D eigenvalue weighted by Gasteiger charge is 2.42. The fourth-order valence-corrected chi connectivity index (χ4v) is 4.54. The normalized spacial score (nSPS) is 14.9. The van der Waals surface area contributed by atoms with Crippen molar-refractivity contribution in [3.05, 3.63) is 89.5 Å². The highest BCUT2D eigenvalue weighted by Crippen LogP contribution is 2.42. The first-order valence-corrected chi connectivity index (χ1v) is 11.3. The molecule has 35 heavy (non-hydrogen) atoms. The van der Waals surface area contributed by atoms with Crippen LogP contribution in [-0.2, 0) is 16.4 Å². The lowest BCUT2D eigenvalue weighted by molar-refractivity contribution is -0.137. The summed E-state index contributed by atoms with van der Waals surface area (Å²) in [6, 6.07) is 18.6. The van der Waals surface area contributed by atoms with E-state index in [0.29, 0.717) is 5.69 Å². The quantitative estimate of drug-likeness (QED) is 0.426. The minimum Gasteiger partial charge on any atom is -0.494 e. The van der Waals surface area contributed by atoms with E-state index in [-0.39, 0.29) is 22.9 Å². The summed E-state index contributed by atoms with van der Waals surface area (Å²) in [5.41, 5.74) is 0.0922. The monoisotopic (exact) mass is 482 g/mol. The minimum absolute atomic E-state index is 0.107. The van der Waals surface area contributed by atoms with Crippen molar-refractivity contribution < 1.29 is 27.5 Å². The summed E-state index contributed by atoms with van der Waals surface area (Å²) in [5.74, 6) is -0.549. The molecule has 182 valence electrons. The van der Waals surface area contributed by atoms with Crippen LogP contribution in [0.1, 0.15) is 47.2 Å². The van der Waals surface area contributed by atoms with E-state index in [1.54, 1.807) is 18.2 Å². The number of ether oxygens (including phenoxy) is 1. The van der Waals surface area contributed by atoms with Crippen LogP contribution in [0.4, 0.5) is 24.5 Å². The van der Waals surface area contributed by atoms with Gasteiger partial charge in [-0.25, -0.2) is 0 Å². The zero-order chi connectivity index (χ0) is 25.1. The van der Waals surface area contributed by atoms with Crippen molar-refractivity contribution in [2.45, 2.75) is 37.3 Å². The summed E-state index contributed by atoms with van der Waals surface area (Å²) >= 11 is 0. The molecule has 0 bridgehead atoms. The summed E-state index contributed by atoms with van der Waals surface area (Å²) in [4.78, 5) is 26.0. The number of nitrogens with one attached hydrogen (secondary N) is 2.